The van der Waals surface area contributed by atoms with Gasteiger partial charge in [0, 0.05) is 18.7 Å². The fourth-order valence-electron chi connectivity index (χ4n) is 2.12. The summed E-state index contributed by atoms with van der Waals surface area (Å²) < 4.78 is 26.6. The van der Waals surface area contributed by atoms with E-state index in [-0.39, 0.29) is 11.5 Å². The monoisotopic (exact) mass is 273 g/mol. The first-order valence-corrected chi connectivity index (χ1v) is 6.41. The number of alkyl halides is 1. The average Bonchev–Trinajstić information content (AvgIpc) is 2.41. The summed E-state index contributed by atoms with van der Waals surface area (Å²) in [5, 5.41) is -1.15. The lowest BCUT2D eigenvalue weighted by molar-refractivity contribution is -0.131. The molecule has 18 heavy (non-hydrogen) atoms. The Morgan fingerprint density at radius 3 is 2.56 bits per heavy atom. The minimum absolute atomic E-state index is 0.0905. The van der Waals surface area contributed by atoms with Gasteiger partial charge in [-0.15, -0.1) is 11.6 Å². The molecule has 1 aliphatic heterocycles. The number of piperidine rings is 1. The van der Waals surface area contributed by atoms with Crippen LogP contribution in [0.1, 0.15) is 30.2 Å². The summed E-state index contributed by atoms with van der Waals surface area (Å²) in [6, 6.07) is 2.98. The van der Waals surface area contributed by atoms with E-state index in [9.17, 15) is 13.6 Å². The number of halogens is 3. The molecule has 1 unspecified atom stereocenters. The predicted molar refractivity (Wildman–Crippen MR) is 65.4 cm³/mol. The Kier molecular flexibility index (Phi) is 4.17. The molecule has 0 spiro atoms. The number of likely N-dealkylation sites (tertiary alicyclic amines) is 1. The van der Waals surface area contributed by atoms with E-state index in [1.807, 2.05) is 0 Å². The van der Waals surface area contributed by atoms with Crippen LogP contribution >= 0.6 is 11.6 Å². The Bertz CT molecular complexity index is 447. The van der Waals surface area contributed by atoms with Crippen molar-refractivity contribution >= 4 is 17.5 Å². The van der Waals surface area contributed by atoms with Crippen molar-refractivity contribution in [3.05, 3.63) is 35.4 Å². The van der Waals surface area contributed by atoms with E-state index >= 15 is 0 Å². The molecule has 0 aromatic heterocycles. The van der Waals surface area contributed by atoms with Crippen molar-refractivity contribution < 1.29 is 13.6 Å². The van der Waals surface area contributed by atoms with Crippen molar-refractivity contribution in [3.63, 3.8) is 0 Å². The Morgan fingerprint density at radius 1 is 1.22 bits per heavy atom. The van der Waals surface area contributed by atoms with Gasteiger partial charge in [-0.1, -0.05) is 0 Å². The second kappa shape index (κ2) is 5.65. The number of carbonyl (C=O) groups excluding carboxylic acids is 1. The molecule has 0 radical (unpaired) electrons. The van der Waals surface area contributed by atoms with Gasteiger partial charge in [0.05, 0.1) is 0 Å². The molecule has 2 rings (SSSR count). The highest BCUT2D eigenvalue weighted by molar-refractivity contribution is 6.30. The van der Waals surface area contributed by atoms with E-state index < -0.39 is 17.0 Å². The van der Waals surface area contributed by atoms with Gasteiger partial charge in [-0.2, -0.15) is 0 Å². The first-order valence-electron chi connectivity index (χ1n) is 5.97. The molecule has 0 aliphatic carbocycles. The number of nitrogens with zero attached hydrogens (tertiary/aromatic N) is 1. The zero-order chi connectivity index (χ0) is 13.1. The fourth-order valence-corrected chi connectivity index (χ4v) is 2.42. The number of amides is 1. The number of carbonyl (C=O) groups is 1. The van der Waals surface area contributed by atoms with E-state index in [0.717, 1.165) is 37.5 Å². The number of benzene rings is 1. The van der Waals surface area contributed by atoms with Gasteiger partial charge < -0.3 is 4.90 Å². The van der Waals surface area contributed by atoms with Gasteiger partial charge in [-0.25, -0.2) is 8.78 Å². The second-order valence-corrected chi connectivity index (χ2v) is 4.85. The molecule has 1 amide bonds. The standard InChI is InChI=1S/C13H14ClF2NO/c14-12(10-8-9(15)4-5-11(10)16)13(18)17-6-2-1-3-7-17/h4-5,8,12H,1-3,6-7H2. The topological polar surface area (TPSA) is 20.3 Å². The number of rotatable bonds is 2. The second-order valence-electron chi connectivity index (χ2n) is 4.41. The Hall–Kier alpha value is -1.16. The minimum Gasteiger partial charge on any atom is -0.341 e. The largest absolute Gasteiger partial charge is 0.341 e. The van der Waals surface area contributed by atoms with Crippen molar-refractivity contribution in [2.75, 3.05) is 13.1 Å². The number of hydrogen-bond acceptors (Lipinski definition) is 1. The molecule has 2 nitrogen and oxygen atoms in total. The van der Waals surface area contributed by atoms with Crippen molar-refractivity contribution in [1.29, 1.82) is 0 Å². The Morgan fingerprint density at radius 2 is 1.89 bits per heavy atom. The van der Waals surface area contributed by atoms with Crippen LogP contribution < -0.4 is 0 Å². The van der Waals surface area contributed by atoms with Gasteiger partial charge in [-0.3, -0.25) is 4.79 Å². The molecule has 5 heteroatoms. The van der Waals surface area contributed by atoms with Gasteiger partial charge in [0.15, 0.2) is 0 Å². The van der Waals surface area contributed by atoms with E-state index in [1.54, 1.807) is 4.90 Å². The zero-order valence-corrected chi connectivity index (χ0v) is 10.6. The Labute approximate surface area is 110 Å². The third kappa shape index (κ3) is 2.80. The molecule has 1 heterocycles. The zero-order valence-electron chi connectivity index (χ0n) is 9.83. The molecule has 1 saturated heterocycles. The van der Waals surface area contributed by atoms with Crippen LogP contribution in [0.15, 0.2) is 18.2 Å². The summed E-state index contributed by atoms with van der Waals surface area (Å²) in [7, 11) is 0. The van der Waals surface area contributed by atoms with Gasteiger partial charge in [0.2, 0.25) is 5.91 Å². The van der Waals surface area contributed by atoms with Crippen LogP contribution in [0.2, 0.25) is 0 Å². The Balaban J connectivity index is 2.16. The molecular formula is C13H14ClF2NO. The summed E-state index contributed by atoms with van der Waals surface area (Å²) in [5.41, 5.74) is -0.0905. The molecule has 98 valence electrons. The lowest BCUT2D eigenvalue weighted by Gasteiger charge is -2.28. The van der Waals surface area contributed by atoms with Crippen LogP contribution in [0, 0.1) is 11.6 Å². The van der Waals surface area contributed by atoms with Gasteiger partial charge in [0.1, 0.15) is 17.0 Å². The maximum absolute atomic E-state index is 13.5. The molecule has 1 fully saturated rings. The van der Waals surface area contributed by atoms with E-state index in [2.05, 4.69) is 0 Å². The van der Waals surface area contributed by atoms with Crippen LogP contribution in [0.5, 0.6) is 0 Å². The van der Waals surface area contributed by atoms with Gasteiger partial charge >= 0.3 is 0 Å². The molecule has 0 saturated carbocycles. The lowest BCUT2D eigenvalue weighted by Crippen LogP contribution is -2.37. The molecule has 0 N–H and O–H groups in total. The highest BCUT2D eigenvalue weighted by Crippen LogP contribution is 2.27. The minimum atomic E-state index is -1.15. The van der Waals surface area contributed by atoms with Crippen molar-refractivity contribution in [1.82, 2.24) is 4.90 Å². The van der Waals surface area contributed by atoms with E-state index in [0.29, 0.717) is 13.1 Å². The summed E-state index contributed by atoms with van der Waals surface area (Å²) in [5.74, 6) is -1.59. The van der Waals surface area contributed by atoms with Crippen LogP contribution in [0.4, 0.5) is 8.78 Å². The fraction of sp³-hybridized carbons (Fsp3) is 0.462. The SMILES string of the molecule is O=C(C(Cl)c1cc(F)ccc1F)N1CCCCC1. The molecule has 1 aromatic rings. The summed E-state index contributed by atoms with van der Waals surface area (Å²) in [6.07, 6.45) is 2.95. The van der Waals surface area contributed by atoms with Crippen molar-refractivity contribution in [3.8, 4) is 0 Å². The third-order valence-electron chi connectivity index (χ3n) is 3.12. The van der Waals surface area contributed by atoms with Crippen LogP contribution in [0.25, 0.3) is 0 Å². The summed E-state index contributed by atoms with van der Waals surface area (Å²) in [4.78, 5) is 13.7. The summed E-state index contributed by atoms with van der Waals surface area (Å²) >= 11 is 5.97. The first-order chi connectivity index (χ1) is 8.59. The molecule has 0 bridgehead atoms. The quantitative estimate of drug-likeness (QED) is 0.758. The average molecular weight is 274 g/mol. The third-order valence-corrected chi connectivity index (χ3v) is 3.54. The molecule has 1 atom stereocenters. The van der Waals surface area contributed by atoms with Crippen LogP contribution in [-0.2, 0) is 4.79 Å². The molecule has 1 aliphatic rings. The maximum Gasteiger partial charge on any atom is 0.245 e. The lowest BCUT2D eigenvalue weighted by atomic mass is 10.1. The normalized spacial score (nSPS) is 17.6. The predicted octanol–water partition coefficient (Wildman–Crippen LogP) is 3.26. The van der Waals surface area contributed by atoms with Crippen LogP contribution in [-0.4, -0.2) is 23.9 Å². The highest BCUT2D eigenvalue weighted by atomic mass is 35.5. The van der Waals surface area contributed by atoms with Gasteiger partial charge in [0.25, 0.3) is 0 Å². The van der Waals surface area contributed by atoms with E-state index in [1.165, 1.54) is 0 Å². The number of hydrogen-bond donors (Lipinski definition) is 0. The van der Waals surface area contributed by atoms with Crippen LogP contribution in [0.3, 0.4) is 0 Å². The van der Waals surface area contributed by atoms with Gasteiger partial charge in [-0.05, 0) is 37.5 Å². The smallest absolute Gasteiger partial charge is 0.245 e. The maximum atomic E-state index is 13.5. The van der Waals surface area contributed by atoms with E-state index in [4.69, 9.17) is 11.6 Å². The summed E-state index contributed by atoms with van der Waals surface area (Å²) in [6.45, 7) is 1.28. The first kappa shape index (κ1) is 13.3. The van der Waals surface area contributed by atoms with Crippen molar-refractivity contribution in [2.24, 2.45) is 0 Å². The molecule has 1 aromatic carbocycles. The highest BCUT2D eigenvalue weighted by Gasteiger charge is 2.27. The van der Waals surface area contributed by atoms with Crippen molar-refractivity contribution in [2.45, 2.75) is 24.6 Å². The molecular weight excluding hydrogens is 260 g/mol.